The number of carbonyl (C=O) groups is 3. The summed E-state index contributed by atoms with van der Waals surface area (Å²) in [4.78, 5) is 45.5. The molecular formula is C41H46F3N3O3. The van der Waals surface area contributed by atoms with E-state index in [0.29, 0.717) is 19.3 Å². The highest BCUT2D eigenvalue weighted by Crippen LogP contribution is 2.73. The van der Waals surface area contributed by atoms with E-state index in [4.69, 9.17) is 6.57 Å². The number of hydrogen-bond acceptors (Lipinski definition) is 4. The molecule has 0 bridgehead atoms. The Bertz CT molecular complexity index is 1850. The molecule has 5 aliphatic rings. The first-order chi connectivity index (χ1) is 23.1. The minimum Gasteiger partial charge on any atom is -0.347 e. The van der Waals surface area contributed by atoms with Gasteiger partial charge in [-0.05, 0) is 96.8 Å². The van der Waals surface area contributed by atoms with Gasteiger partial charge in [0, 0.05) is 28.4 Å². The molecule has 9 heteroatoms. The zero-order valence-corrected chi connectivity index (χ0v) is 30.0. The van der Waals surface area contributed by atoms with Crippen LogP contribution in [-0.4, -0.2) is 23.0 Å². The van der Waals surface area contributed by atoms with Gasteiger partial charge in [-0.15, -0.1) is 0 Å². The molecule has 0 aliphatic heterocycles. The normalized spacial score (nSPS) is 37.4. The second kappa shape index (κ2) is 11.3. The third-order valence-electron chi connectivity index (χ3n) is 14.1. The lowest BCUT2D eigenvalue weighted by molar-refractivity contribution is -0.163. The molecule has 1 amide bonds. The van der Waals surface area contributed by atoms with Crippen LogP contribution in [0.15, 0.2) is 53.8 Å². The molecule has 1 aromatic rings. The zero-order valence-electron chi connectivity index (χ0n) is 30.0. The van der Waals surface area contributed by atoms with Crippen molar-refractivity contribution in [1.82, 2.24) is 5.32 Å². The molecule has 1 N–H and O–H groups in total. The van der Waals surface area contributed by atoms with Gasteiger partial charge in [0.05, 0.1) is 23.8 Å². The number of nitriles is 1. The van der Waals surface area contributed by atoms with Crippen molar-refractivity contribution in [3.05, 3.63) is 76.3 Å². The van der Waals surface area contributed by atoms with Gasteiger partial charge in [-0.1, -0.05) is 72.2 Å². The first kappa shape index (κ1) is 35.8. The van der Waals surface area contributed by atoms with E-state index in [1.165, 1.54) is 18.2 Å². The topological polar surface area (TPSA) is 91.4 Å². The number of ketones is 2. The molecule has 0 aromatic heterocycles. The van der Waals surface area contributed by atoms with Crippen molar-refractivity contribution >= 4 is 23.0 Å². The maximum atomic E-state index is 14.8. The Hall–Kier alpha value is -3.98. The molecule has 50 heavy (non-hydrogen) atoms. The Balaban J connectivity index is 1.39. The molecule has 264 valence electrons. The number of nitrogens with one attached hydrogen (secondary N) is 1. The summed E-state index contributed by atoms with van der Waals surface area (Å²) in [6, 6.07) is 6.16. The number of allylic oxidation sites excluding steroid dienone is 5. The molecule has 0 saturated heterocycles. The molecule has 7 atom stereocenters. The predicted octanol–water partition coefficient (Wildman–Crippen LogP) is 9.05. The van der Waals surface area contributed by atoms with E-state index in [0.717, 1.165) is 43.4 Å². The van der Waals surface area contributed by atoms with Gasteiger partial charge in [0.25, 0.3) is 0 Å². The van der Waals surface area contributed by atoms with Crippen LogP contribution in [0.25, 0.3) is 10.4 Å². The fraction of sp³-hybridized carbons (Fsp3) is 0.585. The van der Waals surface area contributed by atoms with Crippen LogP contribution < -0.4 is 5.32 Å². The Morgan fingerprint density at radius 2 is 1.64 bits per heavy atom. The minimum absolute atomic E-state index is 0.0216. The van der Waals surface area contributed by atoms with Gasteiger partial charge in [0.1, 0.15) is 0 Å². The predicted molar refractivity (Wildman–Crippen MR) is 183 cm³/mol. The number of halogens is 3. The molecular weight excluding hydrogens is 639 g/mol. The number of hydrogen-bond donors (Lipinski definition) is 1. The summed E-state index contributed by atoms with van der Waals surface area (Å²) in [6.45, 7) is 22.7. The lowest BCUT2D eigenvalue weighted by Gasteiger charge is -2.69. The smallest absolute Gasteiger partial charge is 0.347 e. The molecule has 1 aromatic carbocycles. The fourth-order valence-corrected chi connectivity index (χ4v) is 11.2. The highest BCUT2D eigenvalue weighted by atomic mass is 19.4. The number of amides is 1. The average molecular weight is 686 g/mol. The van der Waals surface area contributed by atoms with E-state index < -0.39 is 44.8 Å². The van der Waals surface area contributed by atoms with E-state index in [2.05, 4.69) is 44.8 Å². The zero-order chi connectivity index (χ0) is 36.9. The third-order valence-corrected chi connectivity index (χ3v) is 14.1. The second-order valence-corrected chi connectivity index (χ2v) is 17.6. The lowest BCUT2D eigenvalue weighted by atomic mass is 9.35. The number of nitrogens with zero attached hydrogens (tertiary/aromatic N) is 2. The molecule has 0 heterocycles. The standard InChI is InChI=1S/C41H46F3N3O3/c1-35(2)15-17-40(47-32(49)19-25(23-45)24-9-11-26(12-10-24)41(42,43)44)18-16-39(7)33(27(40)21-35)29(48)20-31-37(5)22-28(46-8)34(50)36(3,4)30(37)13-14-38(31,39)6/h9-12,19-20,22,27,30,33H,13-18,21H2,1-7H3,(H,47,49)/b25-19+/t27-,30-,33-,37-,38+,39+,40-/m0/s1. The van der Waals surface area contributed by atoms with E-state index in [1.807, 2.05) is 32.1 Å². The van der Waals surface area contributed by atoms with Gasteiger partial charge in [-0.25, -0.2) is 4.85 Å². The summed E-state index contributed by atoms with van der Waals surface area (Å²) in [7, 11) is 0. The summed E-state index contributed by atoms with van der Waals surface area (Å²) in [5.41, 5.74) is -2.55. The Kier molecular flexibility index (Phi) is 8.07. The van der Waals surface area contributed by atoms with E-state index in [1.54, 1.807) is 0 Å². The van der Waals surface area contributed by atoms with Crippen molar-refractivity contribution in [2.75, 3.05) is 0 Å². The number of carbonyl (C=O) groups excluding carboxylic acids is 3. The Morgan fingerprint density at radius 3 is 2.24 bits per heavy atom. The number of Topliss-reactive ketones (excluding diaryl/α,β-unsaturated/α-hetero) is 1. The number of rotatable bonds is 3. The van der Waals surface area contributed by atoms with Gasteiger partial charge in [-0.2, -0.15) is 18.4 Å². The van der Waals surface area contributed by atoms with E-state index >= 15 is 0 Å². The van der Waals surface area contributed by atoms with Gasteiger partial charge >= 0.3 is 6.18 Å². The van der Waals surface area contributed by atoms with Crippen molar-refractivity contribution in [3.63, 3.8) is 0 Å². The molecule has 5 aliphatic carbocycles. The van der Waals surface area contributed by atoms with Crippen molar-refractivity contribution in [1.29, 1.82) is 5.26 Å². The lowest BCUT2D eigenvalue weighted by Crippen LogP contribution is -2.69. The molecule has 6 rings (SSSR count). The highest BCUT2D eigenvalue weighted by Gasteiger charge is 2.70. The largest absolute Gasteiger partial charge is 0.416 e. The number of alkyl halides is 3. The van der Waals surface area contributed by atoms with Crippen molar-refractivity contribution in [2.45, 2.75) is 105 Å². The summed E-state index contributed by atoms with van der Waals surface area (Å²) >= 11 is 0. The summed E-state index contributed by atoms with van der Waals surface area (Å²) in [5.74, 6) is -1.25. The maximum absolute atomic E-state index is 14.8. The molecule has 0 radical (unpaired) electrons. The van der Waals surface area contributed by atoms with Crippen molar-refractivity contribution < 1.29 is 27.6 Å². The van der Waals surface area contributed by atoms with E-state index in [9.17, 15) is 32.8 Å². The quantitative estimate of drug-likeness (QED) is 0.195. The van der Waals surface area contributed by atoms with Crippen LogP contribution in [0.2, 0.25) is 0 Å². The maximum Gasteiger partial charge on any atom is 0.416 e. The van der Waals surface area contributed by atoms with Crippen LogP contribution in [0.4, 0.5) is 13.2 Å². The summed E-state index contributed by atoms with van der Waals surface area (Å²) < 4.78 is 39.4. The van der Waals surface area contributed by atoms with Crippen molar-refractivity contribution in [3.8, 4) is 6.07 Å². The number of benzene rings is 1. The monoisotopic (exact) mass is 685 g/mol. The van der Waals surface area contributed by atoms with Gasteiger partial charge in [0.15, 0.2) is 11.6 Å². The summed E-state index contributed by atoms with van der Waals surface area (Å²) in [6.07, 6.45) is 5.42. The minimum atomic E-state index is -4.52. The first-order valence-electron chi connectivity index (χ1n) is 17.6. The van der Waals surface area contributed by atoms with Crippen LogP contribution >= 0.6 is 0 Å². The molecule has 3 saturated carbocycles. The van der Waals surface area contributed by atoms with E-state index in [-0.39, 0.29) is 51.6 Å². The second-order valence-electron chi connectivity index (χ2n) is 17.6. The molecule has 3 fully saturated rings. The molecule has 0 unspecified atom stereocenters. The van der Waals surface area contributed by atoms with Crippen LogP contribution in [0.1, 0.15) is 105 Å². The molecule has 0 spiro atoms. The summed E-state index contributed by atoms with van der Waals surface area (Å²) in [5, 5.41) is 13.2. The first-order valence-corrected chi connectivity index (χ1v) is 17.6. The highest BCUT2D eigenvalue weighted by molar-refractivity contribution is 6.03. The SMILES string of the molecule is [C-]#[N+]C1=C[C@]2(C)C3=CC(=O)[C@@H]4[C@@H]5CC(C)(C)CC[C@]5(NC(=O)/C=C(\C#N)c5ccc(C(F)(F)F)cc5)CC[C@@]4(C)[C@]3(C)CC[C@H]2C(C)(C)C1=O. The van der Waals surface area contributed by atoms with Crippen LogP contribution in [0.3, 0.4) is 0 Å². The van der Waals surface area contributed by atoms with Crippen LogP contribution in [0.5, 0.6) is 0 Å². The molecule has 6 nitrogen and oxygen atoms in total. The fourth-order valence-electron chi connectivity index (χ4n) is 11.2. The Labute approximate surface area is 293 Å². The average Bonchev–Trinajstić information content (AvgIpc) is 3.03. The third kappa shape index (κ3) is 5.13. The number of fused-ring (bicyclic) bond motifs is 7. The van der Waals surface area contributed by atoms with Gasteiger partial charge < -0.3 is 10.1 Å². The van der Waals surface area contributed by atoms with Gasteiger partial charge in [0.2, 0.25) is 11.6 Å². The van der Waals surface area contributed by atoms with Crippen LogP contribution in [-0.2, 0) is 20.6 Å². The van der Waals surface area contributed by atoms with Crippen LogP contribution in [0, 0.1) is 62.7 Å². The van der Waals surface area contributed by atoms with Crippen molar-refractivity contribution in [2.24, 2.45) is 44.8 Å². The Morgan fingerprint density at radius 1 is 1.00 bits per heavy atom. The van der Waals surface area contributed by atoms with Gasteiger partial charge in [-0.3, -0.25) is 9.59 Å².